The summed E-state index contributed by atoms with van der Waals surface area (Å²) < 4.78 is 0. The van der Waals surface area contributed by atoms with E-state index in [0.29, 0.717) is 10.7 Å². The molecule has 2 amide bonds. The predicted octanol–water partition coefficient (Wildman–Crippen LogP) is 1.93. The fourth-order valence-corrected chi connectivity index (χ4v) is 2.72. The first-order valence-electron chi connectivity index (χ1n) is 5.56. The molecule has 0 unspecified atom stereocenters. The number of nitrogens with zero attached hydrogens (tertiary/aromatic N) is 1. The van der Waals surface area contributed by atoms with Crippen LogP contribution in [0, 0.1) is 6.92 Å². The minimum Gasteiger partial charge on any atom is -0.378 e. The van der Waals surface area contributed by atoms with Crippen molar-refractivity contribution in [1.29, 1.82) is 0 Å². The Hall–Kier alpha value is -1.53. The molecule has 2 rings (SSSR count). The van der Waals surface area contributed by atoms with E-state index in [1.165, 1.54) is 0 Å². The topological polar surface area (TPSA) is 84.6 Å². The Morgan fingerprint density at radius 3 is 2.89 bits per heavy atom. The summed E-state index contributed by atoms with van der Waals surface area (Å²) in [6.07, 6.45) is 0.0514. The number of thioether (sulfide) groups is 1. The van der Waals surface area contributed by atoms with E-state index < -0.39 is 5.25 Å². The van der Waals surface area contributed by atoms with Crippen LogP contribution in [0.3, 0.4) is 0 Å². The summed E-state index contributed by atoms with van der Waals surface area (Å²) in [6.45, 7) is 1.85. The third-order valence-corrected chi connectivity index (χ3v) is 3.81. The zero-order valence-electron chi connectivity index (χ0n) is 10.1. The van der Waals surface area contributed by atoms with E-state index in [-0.39, 0.29) is 23.4 Å². The number of hydrogen-bond acceptors (Lipinski definition) is 4. The molecular formula is C12H12ClN3O2S. The summed E-state index contributed by atoms with van der Waals surface area (Å²) in [5.74, 6) is -0.605. The van der Waals surface area contributed by atoms with Crippen molar-refractivity contribution in [2.45, 2.75) is 18.6 Å². The van der Waals surface area contributed by atoms with Crippen molar-refractivity contribution in [3.8, 4) is 0 Å². The van der Waals surface area contributed by atoms with Crippen molar-refractivity contribution < 1.29 is 9.59 Å². The fraction of sp³-hybridized carbons (Fsp3) is 0.250. The molecule has 1 heterocycles. The van der Waals surface area contributed by atoms with Gasteiger partial charge in [0.1, 0.15) is 5.25 Å². The van der Waals surface area contributed by atoms with Crippen LogP contribution < -0.4 is 11.1 Å². The van der Waals surface area contributed by atoms with Crippen LogP contribution in [0.5, 0.6) is 0 Å². The Balaban J connectivity index is 1.97. The standard InChI is InChI=1S/C12H12ClN3O2S/c1-6-4-7(13)2-3-8(6)15-10(17)5-9-11(18)16-12(14)19-9/h2-4,9H,5H2,1H3,(H,15,17)(H2,14,16,18)/t9-/m0/s1. The second-order valence-electron chi connectivity index (χ2n) is 4.11. The number of halogens is 1. The highest BCUT2D eigenvalue weighted by Crippen LogP contribution is 2.24. The lowest BCUT2D eigenvalue weighted by atomic mass is 10.2. The minimum absolute atomic E-state index is 0.0514. The van der Waals surface area contributed by atoms with Crippen LogP contribution in [-0.4, -0.2) is 22.2 Å². The van der Waals surface area contributed by atoms with Gasteiger partial charge in [-0.05, 0) is 30.7 Å². The summed E-state index contributed by atoms with van der Waals surface area (Å²) in [4.78, 5) is 26.8. The van der Waals surface area contributed by atoms with E-state index in [1.807, 2.05) is 6.92 Å². The van der Waals surface area contributed by atoms with Gasteiger partial charge in [-0.3, -0.25) is 9.59 Å². The average molecular weight is 298 g/mol. The van der Waals surface area contributed by atoms with Gasteiger partial charge in [-0.15, -0.1) is 0 Å². The summed E-state index contributed by atoms with van der Waals surface area (Å²) >= 11 is 6.95. The normalized spacial score (nSPS) is 18.3. The molecule has 7 heteroatoms. The maximum atomic E-state index is 11.9. The second kappa shape index (κ2) is 5.63. The van der Waals surface area contributed by atoms with Gasteiger partial charge in [0.2, 0.25) is 5.91 Å². The highest BCUT2D eigenvalue weighted by atomic mass is 35.5. The summed E-state index contributed by atoms with van der Waals surface area (Å²) in [7, 11) is 0. The largest absolute Gasteiger partial charge is 0.378 e. The Morgan fingerprint density at radius 1 is 1.58 bits per heavy atom. The Morgan fingerprint density at radius 2 is 2.32 bits per heavy atom. The number of rotatable bonds is 3. The number of aliphatic imine (C=N–C) groups is 1. The summed E-state index contributed by atoms with van der Waals surface area (Å²) in [5.41, 5.74) is 6.97. The van der Waals surface area contributed by atoms with Crippen molar-refractivity contribution in [1.82, 2.24) is 0 Å². The number of hydrogen-bond donors (Lipinski definition) is 2. The third-order valence-electron chi connectivity index (χ3n) is 2.59. The number of carbonyl (C=O) groups is 2. The number of amidine groups is 1. The molecule has 1 aromatic rings. The molecule has 0 bridgehead atoms. The van der Waals surface area contributed by atoms with Crippen molar-refractivity contribution >= 4 is 46.0 Å². The van der Waals surface area contributed by atoms with Crippen LogP contribution in [0.15, 0.2) is 23.2 Å². The molecule has 0 spiro atoms. The molecule has 19 heavy (non-hydrogen) atoms. The summed E-state index contributed by atoms with van der Waals surface area (Å²) in [6, 6.07) is 5.18. The van der Waals surface area contributed by atoms with Crippen LogP contribution in [0.1, 0.15) is 12.0 Å². The van der Waals surface area contributed by atoms with E-state index in [9.17, 15) is 9.59 Å². The SMILES string of the molecule is Cc1cc(Cl)ccc1NC(=O)C[C@@H]1SC(N)=NC1=O. The number of nitrogens with two attached hydrogens (primary N) is 1. The minimum atomic E-state index is -0.521. The first-order chi connectivity index (χ1) is 8.95. The molecule has 3 N–H and O–H groups in total. The van der Waals surface area contributed by atoms with Gasteiger partial charge in [0.25, 0.3) is 5.91 Å². The van der Waals surface area contributed by atoms with Gasteiger partial charge in [0.15, 0.2) is 5.17 Å². The highest BCUT2D eigenvalue weighted by Gasteiger charge is 2.29. The Kier molecular flexibility index (Phi) is 4.11. The van der Waals surface area contributed by atoms with Gasteiger partial charge in [0.05, 0.1) is 0 Å². The zero-order chi connectivity index (χ0) is 14.0. The molecule has 5 nitrogen and oxygen atoms in total. The van der Waals surface area contributed by atoms with E-state index in [4.69, 9.17) is 17.3 Å². The number of anilines is 1. The Labute approximate surface area is 119 Å². The van der Waals surface area contributed by atoms with Gasteiger partial charge in [-0.25, -0.2) is 0 Å². The van der Waals surface area contributed by atoms with E-state index in [1.54, 1.807) is 18.2 Å². The van der Waals surface area contributed by atoms with Gasteiger partial charge in [0, 0.05) is 17.1 Å². The van der Waals surface area contributed by atoms with Crippen LogP contribution in [0.2, 0.25) is 5.02 Å². The molecule has 0 aliphatic carbocycles. The predicted molar refractivity (Wildman–Crippen MR) is 77.4 cm³/mol. The van der Waals surface area contributed by atoms with Crippen LogP contribution in [0.4, 0.5) is 5.69 Å². The quantitative estimate of drug-likeness (QED) is 0.893. The lowest BCUT2D eigenvalue weighted by molar-refractivity contribution is -0.121. The maximum absolute atomic E-state index is 11.9. The number of amides is 2. The molecule has 0 aromatic heterocycles. The molecule has 100 valence electrons. The number of benzene rings is 1. The highest BCUT2D eigenvalue weighted by molar-refractivity contribution is 8.15. The van der Waals surface area contributed by atoms with E-state index in [0.717, 1.165) is 17.3 Å². The Bertz CT molecular complexity index is 574. The van der Waals surface area contributed by atoms with Crippen molar-refractivity contribution in [2.24, 2.45) is 10.7 Å². The molecule has 1 atom stereocenters. The second-order valence-corrected chi connectivity index (χ2v) is 5.77. The van der Waals surface area contributed by atoms with Crippen molar-refractivity contribution in [3.05, 3.63) is 28.8 Å². The van der Waals surface area contributed by atoms with Crippen molar-refractivity contribution in [2.75, 3.05) is 5.32 Å². The first kappa shape index (κ1) is 13.9. The van der Waals surface area contributed by atoms with Crippen LogP contribution >= 0.6 is 23.4 Å². The molecule has 1 aliphatic heterocycles. The molecule has 1 aliphatic rings. The molecule has 1 aromatic carbocycles. The molecular weight excluding hydrogens is 286 g/mol. The lowest BCUT2D eigenvalue weighted by Gasteiger charge is -2.10. The molecule has 0 saturated heterocycles. The van der Waals surface area contributed by atoms with Crippen LogP contribution in [-0.2, 0) is 9.59 Å². The van der Waals surface area contributed by atoms with Gasteiger partial charge in [-0.2, -0.15) is 4.99 Å². The van der Waals surface area contributed by atoms with Crippen molar-refractivity contribution in [3.63, 3.8) is 0 Å². The number of aryl methyl sites for hydroxylation is 1. The average Bonchev–Trinajstić information content (AvgIpc) is 2.61. The maximum Gasteiger partial charge on any atom is 0.262 e. The number of nitrogens with one attached hydrogen (secondary N) is 1. The zero-order valence-corrected chi connectivity index (χ0v) is 11.7. The van der Waals surface area contributed by atoms with Gasteiger partial charge in [-0.1, -0.05) is 23.4 Å². The lowest BCUT2D eigenvalue weighted by Crippen LogP contribution is -2.22. The summed E-state index contributed by atoms with van der Waals surface area (Å²) in [5, 5.41) is 3.05. The first-order valence-corrected chi connectivity index (χ1v) is 6.82. The molecule has 0 radical (unpaired) electrons. The molecule has 0 saturated carbocycles. The van der Waals surface area contributed by atoms with Gasteiger partial charge >= 0.3 is 0 Å². The van der Waals surface area contributed by atoms with Gasteiger partial charge < -0.3 is 11.1 Å². The monoisotopic (exact) mass is 297 g/mol. The van der Waals surface area contributed by atoms with E-state index in [2.05, 4.69) is 10.3 Å². The van der Waals surface area contributed by atoms with E-state index >= 15 is 0 Å². The smallest absolute Gasteiger partial charge is 0.262 e. The third kappa shape index (κ3) is 3.48. The fourth-order valence-electron chi connectivity index (χ4n) is 1.67. The van der Waals surface area contributed by atoms with Crippen LogP contribution in [0.25, 0.3) is 0 Å². The number of carbonyl (C=O) groups excluding carboxylic acids is 2. The molecule has 0 fully saturated rings.